The first kappa shape index (κ1) is 14.7. The summed E-state index contributed by atoms with van der Waals surface area (Å²) in [6.45, 7) is 4.13. The molecule has 0 atom stereocenters. The largest absolute Gasteiger partial charge is 0.320 e. The molecule has 0 aromatic carbocycles. The molecule has 0 amide bonds. The second-order valence-electron chi connectivity index (χ2n) is 5.75. The Morgan fingerprint density at radius 2 is 2.24 bits per heavy atom. The third-order valence-electron chi connectivity index (χ3n) is 4.25. The molecule has 1 aliphatic heterocycles. The van der Waals surface area contributed by atoms with Crippen LogP contribution in [0.3, 0.4) is 0 Å². The van der Waals surface area contributed by atoms with Gasteiger partial charge in [-0.1, -0.05) is 0 Å². The van der Waals surface area contributed by atoms with E-state index < -0.39 is 0 Å². The van der Waals surface area contributed by atoms with Crippen molar-refractivity contribution in [3.05, 3.63) is 33.7 Å². The lowest BCUT2D eigenvalue weighted by Crippen LogP contribution is -2.34. The van der Waals surface area contributed by atoms with E-state index in [0.717, 1.165) is 42.8 Å². The van der Waals surface area contributed by atoms with E-state index in [1.165, 1.54) is 30.6 Å². The summed E-state index contributed by atoms with van der Waals surface area (Å²) in [7, 11) is 2.01. The van der Waals surface area contributed by atoms with Gasteiger partial charge >= 0.3 is 0 Å². The van der Waals surface area contributed by atoms with E-state index in [0.29, 0.717) is 0 Å². The molecule has 21 heavy (non-hydrogen) atoms. The van der Waals surface area contributed by atoms with E-state index >= 15 is 0 Å². The number of thiazole rings is 1. The van der Waals surface area contributed by atoms with Crippen LogP contribution in [-0.2, 0) is 6.54 Å². The van der Waals surface area contributed by atoms with Crippen LogP contribution in [0.5, 0.6) is 0 Å². The van der Waals surface area contributed by atoms with Crippen molar-refractivity contribution in [2.75, 3.05) is 26.7 Å². The van der Waals surface area contributed by atoms with Gasteiger partial charge in [-0.15, -0.1) is 11.3 Å². The van der Waals surface area contributed by atoms with Gasteiger partial charge in [0, 0.05) is 24.2 Å². The molecule has 6 heteroatoms. The Balaban J connectivity index is 1.60. The first-order valence-electron chi connectivity index (χ1n) is 7.59. The summed E-state index contributed by atoms with van der Waals surface area (Å²) in [6.07, 6.45) is 5.56. The number of likely N-dealkylation sites (tertiary alicyclic amines) is 1. The summed E-state index contributed by atoms with van der Waals surface area (Å²) >= 11 is 1.51. The second-order valence-corrected chi connectivity index (χ2v) is 6.63. The molecule has 5 nitrogen and oxygen atoms in total. The predicted octanol–water partition coefficient (Wildman–Crippen LogP) is 1.58. The number of hydrogen-bond acceptors (Lipinski definition) is 5. The standard InChI is InChI=1S/C15H22N4OS/c1-16-5-2-12-3-6-18(7-4-12)11-13-10-14(20)19-8-9-21-15(19)17-13/h8-10,12,16H,2-7,11H2,1H3. The van der Waals surface area contributed by atoms with E-state index in [1.54, 1.807) is 16.7 Å². The smallest absolute Gasteiger partial charge is 0.258 e. The molecule has 0 spiro atoms. The van der Waals surface area contributed by atoms with Crippen molar-refractivity contribution in [2.24, 2.45) is 5.92 Å². The average Bonchev–Trinajstić information content (AvgIpc) is 2.95. The first-order valence-corrected chi connectivity index (χ1v) is 8.47. The highest BCUT2D eigenvalue weighted by molar-refractivity contribution is 7.15. The van der Waals surface area contributed by atoms with E-state index in [2.05, 4.69) is 15.2 Å². The summed E-state index contributed by atoms with van der Waals surface area (Å²) in [5.41, 5.74) is 0.927. The van der Waals surface area contributed by atoms with E-state index in [9.17, 15) is 4.79 Å². The zero-order valence-electron chi connectivity index (χ0n) is 12.4. The van der Waals surface area contributed by atoms with Gasteiger partial charge in [-0.2, -0.15) is 0 Å². The van der Waals surface area contributed by atoms with Gasteiger partial charge < -0.3 is 5.32 Å². The second kappa shape index (κ2) is 6.68. The van der Waals surface area contributed by atoms with Gasteiger partial charge in [-0.05, 0) is 51.9 Å². The van der Waals surface area contributed by atoms with Gasteiger partial charge in [-0.25, -0.2) is 4.98 Å². The van der Waals surface area contributed by atoms with Crippen molar-refractivity contribution in [1.29, 1.82) is 0 Å². The van der Waals surface area contributed by atoms with Crippen molar-refractivity contribution >= 4 is 16.3 Å². The quantitative estimate of drug-likeness (QED) is 0.911. The van der Waals surface area contributed by atoms with Crippen molar-refractivity contribution in [2.45, 2.75) is 25.8 Å². The fourth-order valence-corrected chi connectivity index (χ4v) is 3.72. The maximum atomic E-state index is 12.0. The molecule has 1 N–H and O–H groups in total. The summed E-state index contributed by atoms with van der Waals surface area (Å²) < 4.78 is 1.61. The van der Waals surface area contributed by atoms with Gasteiger partial charge in [0.1, 0.15) is 0 Å². The molecule has 1 aliphatic rings. The number of aromatic nitrogens is 2. The lowest BCUT2D eigenvalue weighted by atomic mass is 9.93. The van der Waals surface area contributed by atoms with Gasteiger partial charge in [0.2, 0.25) is 0 Å². The Kier molecular flexibility index (Phi) is 4.67. The van der Waals surface area contributed by atoms with Crippen molar-refractivity contribution in [3.63, 3.8) is 0 Å². The van der Waals surface area contributed by atoms with Crippen molar-refractivity contribution in [3.8, 4) is 0 Å². The number of rotatable bonds is 5. The SMILES string of the molecule is CNCCC1CCN(Cc2cc(=O)n3ccsc3n2)CC1. The number of nitrogens with one attached hydrogen (secondary N) is 1. The third-order valence-corrected chi connectivity index (χ3v) is 5.01. The van der Waals surface area contributed by atoms with Crippen LogP contribution in [0.25, 0.3) is 4.96 Å². The highest BCUT2D eigenvalue weighted by atomic mass is 32.1. The zero-order chi connectivity index (χ0) is 14.7. The number of hydrogen-bond donors (Lipinski definition) is 1. The highest BCUT2D eigenvalue weighted by Gasteiger charge is 2.19. The molecule has 3 rings (SSSR count). The van der Waals surface area contributed by atoms with Crippen LogP contribution in [0.15, 0.2) is 22.4 Å². The molecule has 0 saturated carbocycles. The highest BCUT2D eigenvalue weighted by Crippen LogP contribution is 2.21. The van der Waals surface area contributed by atoms with Crippen LogP contribution in [-0.4, -0.2) is 41.0 Å². The molecule has 114 valence electrons. The summed E-state index contributed by atoms with van der Waals surface area (Å²) in [4.78, 5) is 19.8. The average molecular weight is 306 g/mol. The minimum absolute atomic E-state index is 0.0279. The van der Waals surface area contributed by atoms with Gasteiger partial charge in [0.05, 0.1) is 5.69 Å². The number of nitrogens with zero attached hydrogens (tertiary/aromatic N) is 3. The Morgan fingerprint density at radius 3 is 3.00 bits per heavy atom. The molecule has 0 radical (unpaired) electrons. The predicted molar refractivity (Wildman–Crippen MR) is 85.9 cm³/mol. The maximum Gasteiger partial charge on any atom is 0.258 e. The molecule has 0 aliphatic carbocycles. The molecule has 0 unspecified atom stereocenters. The van der Waals surface area contributed by atoms with E-state index in [1.807, 2.05) is 12.4 Å². The van der Waals surface area contributed by atoms with Crippen LogP contribution in [0.2, 0.25) is 0 Å². The zero-order valence-corrected chi connectivity index (χ0v) is 13.2. The van der Waals surface area contributed by atoms with E-state index in [4.69, 9.17) is 0 Å². The van der Waals surface area contributed by atoms with Gasteiger partial charge in [0.25, 0.3) is 5.56 Å². The molecule has 1 fully saturated rings. The molecule has 2 aromatic rings. The monoisotopic (exact) mass is 306 g/mol. The lowest BCUT2D eigenvalue weighted by Gasteiger charge is -2.31. The molecule has 2 aromatic heterocycles. The molecule has 0 bridgehead atoms. The first-order chi connectivity index (χ1) is 10.3. The Labute approximate surface area is 128 Å². The van der Waals surface area contributed by atoms with Crippen LogP contribution in [0.1, 0.15) is 25.0 Å². The fourth-order valence-electron chi connectivity index (χ4n) is 2.98. The Hall–Kier alpha value is -1.24. The number of piperidine rings is 1. The summed E-state index contributed by atoms with van der Waals surface area (Å²) in [6, 6.07) is 1.67. The maximum absolute atomic E-state index is 12.0. The normalized spacial score (nSPS) is 17.6. The lowest BCUT2D eigenvalue weighted by molar-refractivity contribution is 0.171. The van der Waals surface area contributed by atoms with Crippen molar-refractivity contribution < 1.29 is 0 Å². The molecular formula is C15H22N4OS. The van der Waals surface area contributed by atoms with Crippen LogP contribution < -0.4 is 10.9 Å². The minimum atomic E-state index is 0.0279. The van der Waals surface area contributed by atoms with E-state index in [-0.39, 0.29) is 5.56 Å². The van der Waals surface area contributed by atoms with Crippen LogP contribution in [0, 0.1) is 5.92 Å². The van der Waals surface area contributed by atoms with Gasteiger partial charge in [0.15, 0.2) is 4.96 Å². The summed E-state index contributed by atoms with van der Waals surface area (Å²) in [5.74, 6) is 0.840. The summed E-state index contributed by atoms with van der Waals surface area (Å²) in [5, 5.41) is 5.13. The van der Waals surface area contributed by atoms with Crippen LogP contribution >= 0.6 is 11.3 Å². The number of fused-ring (bicyclic) bond motifs is 1. The third kappa shape index (κ3) is 3.51. The molecule has 3 heterocycles. The topological polar surface area (TPSA) is 49.6 Å². The fraction of sp³-hybridized carbons (Fsp3) is 0.600. The van der Waals surface area contributed by atoms with Gasteiger partial charge in [-0.3, -0.25) is 14.1 Å². The Morgan fingerprint density at radius 1 is 1.43 bits per heavy atom. The molecule has 1 saturated heterocycles. The molecular weight excluding hydrogens is 284 g/mol. The van der Waals surface area contributed by atoms with Crippen LogP contribution in [0.4, 0.5) is 0 Å². The van der Waals surface area contributed by atoms with Crippen molar-refractivity contribution in [1.82, 2.24) is 19.6 Å². The minimum Gasteiger partial charge on any atom is -0.320 e. The Bertz CT molecular complexity index is 642.